The second-order valence-corrected chi connectivity index (χ2v) is 15.4. The van der Waals surface area contributed by atoms with E-state index >= 15 is 0 Å². The van der Waals surface area contributed by atoms with Crippen LogP contribution < -0.4 is 0 Å². The van der Waals surface area contributed by atoms with E-state index in [1.165, 1.54) is 42.4 Å². The Bertz CT molecular complexity index is 3510. The van der Waals surface area contributed by atoms with Crippen LogP contribution in [-0.4, -0.2) is 15.0 Å². The molecule has 0 bridgehead atoms. The Labute approximate surface area is 325 Å². The predicted molar refractivity (Wildman–Crippen MR) is 234 cm³/mol. The van der Waals surface area contributed by atoms with Gasteiger partial charge in [-0.25, -0.2) is 15.0 Å². The number of furan rings is 1. The molecule has 0 spiro atoms. The van der Waals surface area contributed by atoms with Crippen LogP contribution in [0.2, 0.25) is 0 Å². The van der Waals surface area contributed by atoms with Crippen molar-refractivity contribution < 1.29 is 4.42 Å². The molecule has 0 aliphatic carbocycles. The lowest BCUT2D eigenvalue weighted by molar-refractivity contribution is 0.673. The molecule has 9 aromatic carbocycles. The zero-order valence-electron chi connectivity index (χ0n) is 29.9. The van der Waals surface area contributed by atoms with E-state index in [4.69, 9.17) is 19.4 Å². The Morgan fingerprint density at radius 1 is 0.357 bits per heavy atom. The third-order valence-corrected chi connectivity index (χ3v) is 12.3. The first-order valence-corrected chi connectivity index (χ1v) is 19.6. The van der Waals surface area contributed by atoms with E-state index in [0.717, 1.165) is 59.8 Å². The van der Waals surface area contributed by atoms with Gasteiger partial charge in [0.2, 0.25) is 0 Å². The molecular formula is C51H29N3OS. The van der Waals surface area contributed by atoms with E-state index in [1.807, 2.05) is 30.3 Å². The molecule has 0 radical (unpaired) electrons. The van der Waals surface area contributed by atoms with Crippen LogP contribution in [0.5, 0.6) is 0 Å². The monoisotopic (exact) mass is 731 g/mol. The summed E-state index contributed by atoms with van der Waals surface area (Å²) in [7, 11) is 0. The molecule has 5 heteroatoms. The highest BCUT2D eigenvalue weighted by Crippen LogP contribution is 2.46. The molecule has 0 amide bonds. The highest BCUT2D eigenvalue weighted by atomic mass is 32.1. The molecule has 0 saturated heterocycles. The summed E-state index contributed by atoms with van der Waals surface area (Å²) in [6.07, 6.45) is 0. The number of thiophene rings is 1. The molecule has 56 heavy (non-hydrogen) atoms. The van der Waals surface area contributed by atoms with Gasteiger partial charge in [-0.3, -0.25) is 0 Å². The van der Waals surface area contributed by atoms with Crippen molar-refractivity contribution >= 4 is 85.8 Å². The topological polar surface area (TPSA) is 51.8 Å². The normalized spacial score (nSPS) is 11.9. The molecule has 4 nitrogen and oxygen atoms in total. The van der Waals surface area contributed by atoms with Crippen LogP contribution in [0, 0.1) is 0 Å². The van der Waals surface area contributed by atoms with Gasteiger partial charge in [0.15, 0.2) is 17.5 Å². The highest BCUT2D eigenvalue weighted by Gasteiger charge is 2.22. The maximum Gasteiger partial charge on any atom is 0.165 e. The number of fused-ring (bicyclic) bond motifs is 13. The molecule has 12 aromatic rings. The first kappa shape index (κ1) is 31.2. The van der Waals surface area contributed by atoms with Crippen LogP contribution in [-0.2, 0) is 0 Å². The van der Waals surface area contributed by atoms with Crippen LogP contribution in [0.15, 0.2) is 180 Å². The Hall–Kier alpha value is -7.21. The standard InChI is InChI=1S/C51H29N3OS/c1-2-13-30(14-3-1)49-52-50(33-16-12-15-31(27-33)32-25-26-38-36-19-5-4-17-34(36)35-18-6-7-20-37(35)41(38)28-32)54-51(53-49)43-29-42-39-21-8-10-23-44(39)55-47(42)46-40-22-9-11-24-45(40)56-48(43)46/h1-29H. The summed E-state index contributed by atoms with van der Waals surface area (Å²) in [4.78, 5) is 15.7. The van der Waals surface area contributed by atoms with E-state index in [-0.39, 0.29) is 0 Å². The molecule has 0 aliphatic heterocycles. The summed E-state index contributed by atoms with van der Waals surface area (Å²) in [5.74, 6) is 1.89. The maximum absolute atomic E-state index is 6.59. The van der Waals surface area contributed by atoms with Gasteiger partial charge in [0, 0.05) is 42.9 Å². The zero-order chi connectivity index (χ0) is 36.7. The van der Waals surface area contributed by atoms with E-state index in [9.17, 15) is 0 Å². The third kappa shape index (κ3) is 4.75. The number of hydrogen-bond acceptors (Lipinski definition) is 5. The second kappa shape index (κ2) is 12.2. The average Bonchev–Trinajstić information content (AvgIpc) is 3.85. The lowest BCUT2D eigenvalue weighted by Gasteiger charge is -2.13. The summed E-state index contributed by atoms with van der Waals surface area (Å²) < 4.78 is 8.88. The first-order chi connectivity index (χ1) is 27.7. The van der Waals surface area contributed by atoms with Gasteiger partial charge < -0.3 is 4.42 Å². The lowest BCUT2D eigenvalue weighted by Crippen LogP contribution is -2.00. The molecule has 12 rings (SSSR count). The van der Waals surface area contributed by atoms with Gasteiger partial charge in [0.25, 0.3) is 0 Å². The number of para-hydroxylation sites is 1. The van der Waals surface area contributed by atoms with Crippen molar-refractivity contribution in [3.63, 3.8) is 0 Å². The number of hydrogen-bond donors (Lipinski definition) is 0. The van der Waals surface area contributed by atoms with Crippen molar-refractivity contribution in [1.82, 2.24) is 15.0 Å². The maximum atomic E-state index is 6.59. The van der Waals surface area contributed by atoms with Crippen LogP contribution in [0.3, 0.4) is 0 Å². The molecular weight excluding hydrogens is 703 g/mol. The van der Waals surface area contributed by atoms with E-state index in [0.29, 0.717) is 17.5 Å². The predicted octanol–water partition coefficient (Wildman–Crippen LogP) is 14.3. The van der Waals surface area contributed by atoms with Gasteiger partial charge in [-0.05, 0) is 73.8 Å². The summed E-state index contributed by atoms with van der Waals surface area (Å²) in [6, 6.07) is 62.1. The lowest BCUT2D eigenvalue weighted by atomic mass is 9.92. The minimum absolute atomic E-state index is 0.624. The molecule has 0 unspecified atom stereocenters. The van der Waals surface area contributed by atoms with Crippen molar-refractivity contribution in [3.8, 4) is 45.3 Å². The fourth-order valence-electron chi connectivity index (χ4n) is 8.50. The number of benzene rings is 9. The van der Waals surface area contributed by atoms with Crippen molar-refractivity contribution in [1.29, 1.82) is 0 Å². The Morgan fingerprint density at radius 3 is 1.68 bits per heavy atom. The molecule has 0 fully saturated rings. The Kier molecular flexibility index (Phi) is 6.76. The molecule has 0 atom stereocenters. The van der Waals surface area contributed by atoms with Crippen LogP contribution in [0.1, 0.15) is 0 Å². The minimum atomic E-state index is 0.624. The van der Waals surface area contributed by atoms with Gasteiger partial charge in [-0.15, -0.1) is 11.3 Å². The first-order valence-electron chi connectivity index (χ1n) is 18.8. The summed E-state index contributed by atoms with van der Waals surface area (Å²) in [5, 5.41) is 11.9. The molecule has 0 aliphatic rings. The van der Waals surface area contributed by atoms with Crippen LogP contribution in [0.4, 0.5) is 0 Å². The van der Waals surface area contributed by atoms with Crippen molar-refractivity contribution in [3.05, 3.63) is 176 Å². The van der Waals surface area contributed by atoms with Crippen molar-refractivity contribution in [2.45, 2.75) is 0 Å². The van der Waals surface area contributed by atoms with Gasteiger partial charge in [-0.2, -0.15) is 0 Å². The fraction of sp³-hybridized carbons (Fsp3) is 0. The molecule has 0 saturated carbocycles. The zero-order valence-corrected chi connectivity index (χ0v) is 30.7. The van der Waals surface area contributed by atoms with Gasteiger partial charge in [0.1, 0.15) is 11.2 Å². The molecule has 260 valence electrons. The highest BCUT2D eigenvalue weighted by molar-refractivity contribution is 7.26. The molecule has 3 heterocycles. The second-order valence-electron chi connectivity index (χ2n) is 14.3. The summed E-state index contributed by atoms with van der Waals surface area (Å²) in [5.41, 5.74) is 6.82. The average molecular weight is 732 g/mol. The van der Waals surface area contributed by atoms with E-state index in [2.05, 4.69) is 146 Å². The smallest absolute Gasteiger partial charge is 0.165 e. The Morgan fingerprint density at radius 2 is 0.911 bits per heavy atom. The Balaban J connectivity index is 1.08. The number of rotatable bonds is 4. The SMILES string of the molecule is c1ccc(-c2nc(-c3cccc(-c4ccc5c6ccccc6c6ccccc6c5c4)c3)nc(-c3cc4c5ccccc5oc4c4c3sc3ccccc34)n2)cc1. The summed E-state index contributed by atoms with van der Waals surface area (Å²) in [6.45, 7) is 0. The molecule has 3 aromatic heterocycles. The van der Waals surface area contributed by atoms with Crippen LogP contribution in [0.25, 0.3) is 120 Å². The van der Waals surface area contributed by atoms with Gasteiger partial charge >= 0.3 is 0 Å². The number of aromatic nitrogens is 3. The van der Waals surface area contributed by atoms with E-state index < -0.39 is 0 Å². The van der Waals surface area contributed by atoms with Gasteiger partial charge in [-0.1, -0.05) is 146 Å². The largest absolute Gasteiger partial charge is 0.455 e. The minimum Gasteiger partial charge on any atom is -0.455 e. The van der Waals surface area contributed by atoms with Crippen LogP contribution >= 0.6 is 11.3 Å². The number of nitrogens with zero attached hydrogens (tertiary/aromatic N) is 3. The van der Waals surface area contributed by atoms with E-state index in [1.54, 1.807) is 11.3 Å². The molecule has 0 N–H and O–H groups in total. The van der Waals surface area contributed by atoms with Crippen molar-refractivity contribution in [2.24, 2.45) is 0 Å². The quantitative estimate of drug-likeness (QED) is 0.169. The summed E-state index contributed by atoms with van der Waals surface area (Å²) >= 11 is 1.75. The third-order valence-electron chi connectivity index (χ3n) is 11.1. The fourth-order valence-corrected chi connectivity index (χ4v) is 9.71. The van der Waals surface area contributed by atoms with Crippen molar-refractivity contribution in [2.75, 3.05) is 0 Å². The van der Waals surface area contributed by atoms with Gasteiger partial charge in [0.05, 0.1) is 4.70 Å².